The molecule has 21 heavy (non-hydrogen) atoms. The van der Waals surface area contributed by atoms with Gasteiger partial charge in [0.25, 0.3) is 0 Å². The fourth-order valence-electron chi connectivity index (χ4n) is 1.85. The van der Waals surface area contributed by atoms with Crippen molar-refractivity contribution in [1.29, 1.82) is 0 Å². The summed E-state index contributed by atoms with van der Waals surface area (Å²) in [5.74, 6) is -1.89. The maximum Gasteiger partial charge on any atom is 0.417 e. The molecule has 0 fully saturated rings. The minimum Gasteiger partial charge on any atom is -0.465 e. The summed E-state index contributed by atoms with van der Waals surface area (Å²) in [5, 5.41) is 0. The van der Waals surface area contributed by atoms with Gasteiger partial charge in [-0.15, -0.1) is 0 Å². The third-order valence-corrected chi connectivity index (χ3v) is 2.75. The van der Waals surface area contributed by atoms with Gasteiger partial charge in [-0.1, -0.05) is 18.2 Å². The lowest BCUT2D eigenvalue weighted by Crippen LogP contribution is -2.11. The fourth-order valence-corrected chi connectivity index (χ4v) is 1.85. The van der Waals surface area contributed by atoms with Crippen LogP contribution in [0.25, 0.3) is 11.3 Å². The molecule has 0 saturated heterocycles. The van der Waals surface area contributed by atoms with Crippen LogP contribution in [0.4, 0.5) is 17.6 Å². The Morgan fingerprint density at radius 3 is 2.43 bits per heavy atom. The van der Waals surface area contributed by atoms with Crippen LogP contribution in [-0.2, 0) is 10.9 Å². The van der Waals surface area contributed by atoms with Crippen LogP contribution < -0.4 is 0 Å². The summed E-state index contributed by atoms with van der Waals surface area (Å²) in [6.07, 6.45) is -4.65. The Kier molecular flexibility index (Phi) is 3.93. The van der Waals surface area contributed by atoms with Gasteiger partial charge in [-0.25, -0.2) is 9.78 Å². The van der Waals surface area contributed by atoms with Crippen molar-refractivity contribution in [2.24, 2.45) is 0 Å². The lowest BCUT2D eigenvalue weighted by molar-refractivity contribution is -0.137. The molecule has 3 nitrogen and oxygen atoms in total. The Bertz CT molecular complexity index is 683. The quantitative estimate of drug-likeness (QED) is 0.482. The fraction of sp³-hybridized carbons (Fsp3) is 0.143. The molecule has 0 aliphatic carbocycles. The highest BCUT2D eigenvalue weighted by molar-refractivity contribution is 5.96. The molecule has 0 unspecified atom stereocenters. The second-order valence-electron chi connectivity index (χ2n) is 4.07. The molecule has 1 heterocycles. The Hall–Kier alpha value is -2.44. The molecule has 0 radical (unpaired) electrons. The van der Waals surface area contributed by atoms with Crippen molar-refractivity contribution in [3.05, 3.63) is 53.5 Å². The standard InChI is InChI=1S/C14H9F4NO2/c1-21-13(20)9-6-7-11(15)19-12(9)8-4-2-3-5-10(8)14(16,17)18/h2-7H,1H3. The molecule has 1 aromatic carbocycles. The average molecular weight is 299 g/mol. The molecule has 0 bridgehead atoms. The van der Waals surface area contributed by atoms with Crippen LogP contribution in [0.1, 0.15) is 15.9 Å². The lowest BCUT2D eigenvalue weighted by atomic mass is 10.00. The first-order chi connectivity index (χ1) is 9.84. The summed E-state index contributed by atoms with van der Waals surface area (Å²) < 4.78 is 56.8. The third kappa shape index (κ3) is 3.01. The minimum absolute atomic E-state index is 0.240. The zero-order valence-corrected chi connectivity index (χ0v) is 10.7. The van der Waals surface area contributed by atoms with E-state index in [2.05, 4.69) is 9.72 Å². The first kappa shape index (κ1) is 15.0. The van der Waals surface area contributed by atoms with Crippen LogP contribution >= 0.6 is 0 Å². The molecule has 110 valence electrons. The Morgan fingerprint density at radius 2 is 1.81 bits per heavy atom. The van der Waals surface area contributed by atoms with Gasteiger partial charge in [0.15, 0.2) is 0 Å². The topological polar surface area (TPSA) is 39.2 Å². The van der Waals surface area contributed by atoms with E-state index in [1.54, 1.807) is 0 Å². The number of esters is 1. The second-order valence-corrected chi connectivity index (χ2v) is 4.07. The summed E-state index contributed by atoms with van der Waals surface area (Å²) in [6, 6.07) is 6.42. The molecule has 0 saturated carbocycles. The van der Waals surface area contributed by atoms with Gasteiger partial charge in [0.1, 0.15) is 0 Å². The molecule has 2 aromatic rings. The van der Waals surface area contributed by atoms with Crippen molar-refractivity contribution in [3.63, 3.8) is 0 Å². The molecule has 0 spiro atoms. The van der Waals surface area contributed by atoms with Crippen LogP contribution in [0.2, 0.25) is 0 Å². The maximum absolute atomic E-state index is 13.3. The van der Waals surface area contributed by atoms with Crippen molar-refractivity contribution >= 4 is 5.97 Å². The van der Waals surface area contributed by atoms with E-state index in [4.69, 9.17) is 0 Å². The number of nitrogens with zero attached hydrogens (tertiary/aromatic N) is 1. The van der Waals surface area contributed by atoms with Crippen molar-refractivity contribution in [2.75, 3.05) is 7.11 Å². The molecular weight excluding hydrogens is 290 g/mol. The molecule has 2 rings (SSSR count). The van der Waals surface area contributed by atoms with Crippen LogP contribution in [0.15, 0.2) is 36.4 Å². The van der Waals surface area contributed by atoms with E-state index in [-0.39, 0.29) is 11.1 Å². The van der Waals surface area contributed by atoms with Crippen LogP contribution in [0.5, 0.6) is 0 Å². The first-order valence-electron chi connectivity index (χ1n) is 5.76. The van der Waals surface area contributed by atoms with E-state index in [0.29, 0.717) is 0 Å². The highest BCUT2D eigenvalue weighted by Gasteiger charge is 2.34. The highest BCUT2D eigenvalue weighted by Crippen LogP contribution is 2.37. The molecular formula is C14H9F4NO2. The van der Waals surface area contributed by atoms with Crippen molar-refractivity contribution in [1.82, 2.24) is 4.98 Å². The van der Waals surface area contributed by atoms with Gasteiger partial charge in [0.05, 0.1) is 23.9 Å². The van der Waals surface area contributed by atoms with E-state index in [0.717, 1.165) is 31.4 Å². The number of alkyl halides is 3. The Balaban J connectivity index is 2.73. The third-order valence-electron chi connectivity index (χ3n) is 2.75. The number of carbonyl (C=O) groups excluding carboxylic acids is 1. The van der Waals surface area contributed by atoms with Gasteiger partial charge in [0, 0.05) is 5.56 Å². The number of rotatable bonds is 2. The van der Waals surface area contributed by atoms with Crippen molar-refractivity contribution < 1.29 is 27.1 Å². The van der Waals surface area contributed by atoms with E-state index in [1.165, 1.54) is 12.1 Å². The summed E-state index contributed by atoms with van der Waals surface area (Å²) >= 11 is 0. The smallest absolute Gasteiger partial charge is 0.417 e. The minimum atomic E-state index is -4.65. The molecule has 0 N–H and O–H groups in total. The second kappa shape index (κ2) is 5.51. The zero-order valence-electron chi connectivity index (χ0n) is 10.7. The number of benzene rings is 1. The summed E-state index contributed by atoms with van der Waals surface area (Å²) in [7, 11) is 1.07. The molecule has 0 atom stereocenters. The number of hydrogen-bond donors (Lipinski definition) is 0. The Labute approximate surface area is 117 Å². The van der Waals surface area contributed by atoms with Crippen LogP contribution in [0, 0.1) is 5.95 Å². The number of carbonyl (C=O) groups is 1. The predicted molar refractivity (Wildman–Crippen MR) is 66.0 cm³/mol. The molecule has 0 amide bonds. The monoisotopic (exact) mass is 299 g/mol. The molecule has 7 heteroatoms. The predicted octanol–water partition coefficient (Wildman–Crippen LogP) is 3.69. The van der Waals surface area contributed by atoms with E-state index >= 15 is 0 Å². The van der Waals surface area contributed by atoms with Gasteiger partial charge in [0.2, 0.25) is 5.95 Å². The van der Waals surface area contributed by atoms with E-state index in [1.807, 2.05) is 0 Å². The van der Waals surface area contributed by atoms with Crippen LogP contribution in [-0.4, -0.2) is 18.1 Å². The normalized spacial score (nSPS) is 11.3. The number of halogens is 4. The van der Waals surface area contributed by atoms with Gasteiger partial charge in [-0.3, -0.25) is 0 Å². The van der Waals surface area contributed by atoms with E-state index in [9.17, 15) is 22.4 Å². The van der Waals surface area contributed by atoms with Gasteiger partial charge in [-0.2, -0.15) is 17.6 Å². The first-order valence-corrected chi connectivity index (χ1v) is 5.76. The average Bonchev–Trinajstić information content (AvgIpc) is 2.45. The van der Waals surface area contributed by atoms with Gasteiger partial charge >= 0.3 is 12.1 Å². The number of hydrogen-bond acceptors (Lipinski definition) is 3. The highest BCUT2D eigenvalue weighted by atomic mass is 19.4. The summed E-state index contributed by atoms with van der Waals surface area (Å²) in [6.45, 7) is 0. The number of pyridine rings is 1. The molecule has 1 aromatic heterocycles. The van der Waals surface area contributed by atoms with Crippen molar-refractivity contribution in [2.45, 2.75) is 6.18 Å². The lowest BCUT2D eigenvalue weighted by Gasteiger charge is -2.14. The SMILES string of the molecule is COC(=O)c1ccc(F)nc1-c1ccccc1C(F)(F)F. The summed E-state index contributed by atoms with van der Waals surface area (Å²) in [5.41, 5.74) is -2.04. The molecule has 0 aliphatic heterocycles. The van der Waals surface area contributed by atoms with Crippen LogP contribution in [0.3, 0.4) is 0 Å². The number of ether oxygens (including phenoxy) is 1. The Morgan fingerprint density at radius 1 is 1.14 bits per heavy atom. The largest absolute Gasteiger partial charge is 0.465 e. The zero-order chi connectivity index (χ0) is 15.6. The summed E-state index contributed by atoms with van der Waals surface area (Å²) in [4.78, 5) is 15.0. The van der Waals surface area contributed by atoms with Crippen molar-refractivity contribution in [3.8, 4) is 11.3 Å². The maximum atomic E-state index is 13.3. The van der Waals surface area contributed by atoms with E-state index < -0.39 is 29.4 Å². The van der Waals surface area contributed by atoms with Gasteiger partial charge < -0.3 is 4.74 Å². The number of aromatic nitrogens is 1. The molecule has 0 aliphatic rings. The number of methoxy groups -OCH3 is 1. The van der Waals surface area contributed by atoms with Gasteiger partial charge in [-0.05, 0) is 18.2 Å².